The lowest BCUT2D eigenvalue weighted by molar-refractivity contribution is 0.0756. The van der Waals surface area contributed by atoms with Crippen molar-refractivity contribution in [3.8, 4) is 0 Å². The SMILES string of the molecule is Cc1cc(C)c2c(n1)C1CCN(C3CN(c4cnc(C)nc4F)C3)C(=O)N1C2. The Morgan fingerprint density at radius 1 is 1.14 bits per heavy atom. The van der Waals surface area contributed by atoms with Gasteiger partial charge >= 0.3 is 6.03 Å². The van der Waals surface area contributed by atoms with Crippen LogP contribution in [-0.2, 0) is 6.54 Å². The van der Waals surface area contributed by atoms with Crippen LogP contribution in [0.25, 0.3) is 0 Å². The zero-order valence-corrected chi connectivity index (χ0v) is 16.3. The van der Waals surface area contributed by atoms with Crippen molar-refractivity contribution >= 4 is 11.7 Å². The average Bonchev–Trinajstić information content (AvgIpc) is 2.97. The van der Waals surface area contributed by atoms with Crippen LogP contribution in [0.4, 0.5) is 14.9 Å². The molecule has 2 aromatic heterocycles. The van der Waals surface area contributed by atoms with E-state index in [9.17, 15) is 9.18 Å². The number of aromatic nitrogens is 3. The second-order valence-electron chi connectivity index (χ2n) is 8.00. The van der Waals surface area contributed by atoms with Crippen LogP contribution >= 0.6 is 0 Å². The summed E-state index contributed by atoms with van der Waals surface area (Å²) in [5, 5.41) is 0. The molecule has 2 aromatic rings. The molecule has 7 nitrogen and oxygen atoms in total. The van der Waals surface area contributed by atoms with E-state index in [1.807, 2.05) is 21.6 Å². The number of rotatable bonds is 2. The molecule has 0 radical (unpaired) electrons. The second kappa shape index (κ2) is 6.12. The molecule has 5 rings (SSSR count). The number of hydrogen-bond acceptors (Lipinski definition) is 5. The normalized spacial score (nSPS) is 21.6. The summed E-state index contributed by atoms with van der Waals surface area (Å²) >= 11 is 0. The smallest absolute Gasteiger partial charge is 0.321 e. The van der Waals surface area contributed by atoms with Gasteiger partial charge in [0.2, 0.25) is 5.95 Å². The number of anilines is 1. The van der Waals surface area contributed by atoms with Crippen molar-refractivity contribution in [1.82, 2.24) is 24.8 Å². The predicted octanol–water partition coefficient (Wildman–Crippen LogP) is 2.51. The predicted molar refractivity (Wildman–Crippen MR) is 101 cm³/mol. The fraction of sp³-hybridized carbons (Fsp3) is 0.500. The van der Waals surface area contributed by atoms with Crippen molar-refractivity contribution in [2.75, 3.05) is 24.5 Å². The maximum absolute atomic E-state index is 14.1. The number of aryl methyl sites for hydroxylation is 3. The maximum Gasteiger partial charge on any atom is 0.321 e. The summed E-state index contributed by atoms with van der Waals surface area (Å²) in [4.78, 5) is 31.6. The van der Waals surface area contributed by atoms with Crippen molar-refractivity contribution in [1.29, 1.82) is 0 Å². The van der Waals surface area contributed by atoms with Gasteiger partial charge in [0, 0.05) is 25.3 Å². The van der Waals surface area contributed by atoms with Crippen molar-refractivity contribution < 1.29 is 9.18 Å². The summed E-state index contributed by atoms with van der Waals surface area (Å²) in [5.74, 6) is -0.0776. The van der Waals surface area contributed by atoms with Crippen molar-refractivity contribution in [2.24, 2.45) is 0 Å². The van der Waals surface area contributed by atoms with Gasteiger partial charge in [0.1, 0.15) is 11.5 Å². The first-order valence-electron chi connectivity index (χ1n) is 9.70. The quantitative estimate of drug-likeness (QED) is 0.747. The number of halogens is 1. The van der Waals surface area contributed by atoms with Crippen LogP contribution in [0.3, 0.4) is 0 Å². The number of amides is 2. The minimum absolute atomic E-state index is 0.0663. The number of carbonyl (C=O) groups excluding carboxylic acids is 1. The fourth-order valence-corrected chi connectivity index (χ4v) is 4.65. The van der Waals surface area contributed by atoms with Crippen LogP contribution in [-0.4, -0.2) is 56.5 Å². The Hall–Kier alpha value is -2.77. The third-order valence-corrected chi connectivity index (χ3v) is 6.15. The van der Waals surface area contributed by atoms with E-state index in [1.165, 1.54) is 17.3 Å². The highest BCUT2D eigenvalue weighted by molar-refractivity contribution is 5.78. The van der Waals surface area contributed by atoms with E-state index in [1.54, 1.807) is 6.92 Å². The molecule has 0 aromatic carbocycles. The lowest BCUT2D eigenvalue weighted by atomic mass is 10.0. The minimum atomic E-state index is -0.497. The van der Waals surface area contributed by atoms with Crippen LogP contribution in [0.5, 0.6) is 0 Å². The third kappa shape index (κ3) is 2.54. The highest BCUT2D eigenvalue weighted by Crippen LogP contribution is 2.41. The molecule has 3 aliphatic heterocycles. The maximum atomic E-state index is 14.1. The van der Waals surface area contributed by atoms with Crippen molar-refractivity contribution in [2.45, 2.75) is 45.8 Å². The van der Waals surface area contributed by atoms with Crippen LogP contribution < -0.4 is 4.90 Å². The first kappa shape index (κ1) is 17.3. The Labute approximate surface area is 163 Å². The summed E-state index contributed by atoms with van der Waals surface area (Å²) in [6.45, 7) is 8.32. The Morgan fingerprint density at radius 3 is 2.68 bits per heavy atom. The van der Waals surface area contributed by atoms with Crippen molar-refractivity contribution in [3.05, 3.63) is 46.6 Å². The molecule has 1 unspecified atom stereocenters. The van der Waals surface area contributed by atoms with E-state index in [4.69, 9.17) is 4.98 Å². The number of carbonyl (C=O) groups is 1. The van der Waals surface area contributed by atoms with Crippen LogP contribution in [0.15, 0.2) is 12.3 Å². The largest absolute Gasteiger partial charge is 0.362 e. The molecule has 146 valence electrons. The number of urea groups is 1. The number of nitrogens with zero attached hydrogens (tertiary/aromatic N) is 6. The zero-order chi connectivity index (χ0) is 19.6. The number of hydrogen-bond donors (Lipinski definition) is 0. The molecule has 0 bridgehead atoms. The van der Waals surface area contributed by atoms with Gasteiger partial charge in [-0.3, -0.25) is 4.98 Å². The van der Waals surface area contributed by atoms with Gasteiger partial charge in [0.25, 0.3) is 0 Å². The van der Waals surface area contributed by atoms with Gasteiger partial charge in [-0.25, -0.2) is 14.8 Å². The molecule has 28 heavy (non-hydrogen) atoms. The molecule has 2 amide bonds. The van der Waals surface area contributed by atoms with E-state index in [-0.39, 0.29) is 18.1 Å². The monoisotopic (exact) mass is 382 g/mol. The average molecular weight is 382 g/mol. The molecule has 2 fully saturated rings. The zero-order valence-electron chi connectivity index (χ0n) is 16.3. The summed E-state index contributed by atoms with van der Waals surface area (Å²) in [5.41, 5.74) is 4.89. The fourth-order valence-electron chi connectivity index (χ4n) is 4.65. The molecule has 0 saturated carbocycles. The molecule has 1 atom stereocenters. The summed E-state index contributed by atoms with van der Waals surface area (Å²) < 4.78 is 14.1. The van der Waals surface area contributed by atoms with Crippen LogP contribution in [0.2, 0.25) is 0 Å². The molecule has 8 heteroatoms. The summed E-state index contributed by atoms with van der Waals surface area (Å²) in [6, 6.07) is 2.32. The molecular formula is C20H23FN6O. The first-order valence-corrected chi connectivity index (χ1v) is 9.70. The molecule has 3 aliphatic rings. The van der Waals surface area contributed by atoms with Gasteiger partial charge in [0.15, 0.2) is 0 Å². The van der Waals surface area contributed by atoms with Crippen molar-refractivity contribution in [3.63, 3.8) is 0 Å². The van der Waals surface area contributed by atoms with Crippen LogP contribution in [0.1, 0.15) is 40.8 Å². The third-order valence-electron chi connectivity index (χ3n) is 6.15. The number of pyridine rings is 1. The lowest BCUT2D eigenvalue weighted by Crippen LogP contribution is -2.64. The molecule has 0 spiro atoms. The molecule has 0 N–H and O–H groups in total. The van der Waals surface area contributed by atoms with Gasteiger partial charge in [-0.15, -0.1) is 0 Å². The highest BCUT2D eigenvalue weighted by Gasteiger charge is 2.45. The lowest BCUT2D eigenvalue weighted by Gasteiger charge is -2.49. The highest BCUT2D eigenvalue weighted by atomic mass is 19.1. The topological polar surface area (TPSA) is 65.5 Å². The van der Waals surface area contributed by atoms with E-state index < -0.39 is 5.95 Å². The summed E-state index contributed by atoms with van der Waals surface area (Å²) in [7, 11) is 0. The van der Waals surface area contributed by atoms with Gasteiger partial charge < -0.3 is 14.7 Å². The Balaban J connectivity index is 1.30. The number of fused-ring (bicyclic) bond motifs is 3. The first-order chi connectivity index (χ1) is 13.4. The van der Waals surface area contributed by atoms with E-state index >= 15 is 0 Å². The van der Waals surface area contributed by atoms with E-state index in [0.717, 1.165) is 17.8 Å². The minimum Gasteiger partial charge on any atom is -0.362 e. The van der Waals surface area contributed by atoms with Gasteiger partial charge in [-0.05, 0) is 44.4 Å². The van der Waals surface area contributed by atoms with E-state index in [0.29, 0.717) is 37.7 Å². The van der Waals surface area contributed by atoms with Gasteiger partial charge in [-0.1, -0.05) is 0 Å². The molecular weight excluding hydrogens is 359 g/mol. The second-order valence-corrected chi connectivity index (χ2v) is 8.00. The molecule has 5 heterocycles. The Morgan fingerprint density at radius 2 is 1.93 bits per heavy atom. The van der Waals surface area contributed by atoms with E-state index in [2.05, 4.69) is 23.0 Å². The van der Waals surface area contributed by atoms with Crippen LogP contribution in [0, 0.1) is 26.7 Å². The van der Waals surface area contributed by atoms with Gasteiger partial charge in [-0.2, -0.15) is 4.39 Å². The standard InChI is InChI=1S/C20H23FN6O/c1-11-6-12(2)23-18-15(11)10-27-16(18)4-5-26(20(27)28)14-8-25(9-14)17-7-22-13(3)24-19(17)21/h6-7,14,16H,4-5,8-10H2,1-3H3. The van der Waals surface area contributed by atoms with Gasteiger partial charge in [0.05, 0.1) is 30.5 Å². The molecule has 0 aliphatic carbocycles. The Kier molecular flexibility index (Phi) is 3.79. The molecule has 2 saturated heterocycles. The Bertz CT molecular complexity index is 973. The summed E-state index contributed by atoms with van der Waals surface area (Å²) in [6.07, 6.45) is 2.41.